The maximum atomic E-state index is 11.8. The number of carboxylic acid groups (broad SMARTS) is 1. The maximum absolute atomic E-state index is 11.8. The molecule has 0 atom stereocenters. The lowest BCUT2D eigenvalue weighted by atomic mass is 10.0. The number of carbonyl (C=O) groups excluding carboxylic acids is 1. The third-order valence-corrected chi connectivity index (χ3v) is 2.79. The van der Waals surface area contributed by atoms with Crippen LogP contribution in [-0.2, 0) is 19.1 Å². The summed E-state index contributed by atoms with van der Waals surface area (Å²) in [6.45, 7) is 3.44. The highest BCUT2D eigenvalue weighted by Gasteiger charge is 2.33. The minimum Gasteiger partial charge on any atom is -0.480 e. The number of hydrogen-bond donors (Lipinski definition) is 2. The van der Waals surface area contributed by atoms with Gasteiger partial charge in [0.25, 0.3) is 0 Å². The van der Waals surface area contributed by atoms with E-state index in [0.717, 1.165) is 0 Å². The fraction of sp³-hybridized carbons (Fsp3) is 0.818. The van der Waals surface area contributed by atoms with Gasteiger partial charge in [-0.25, -0.2) is 0 Å². The lowest BCUT2D eigenvalue weighted by Crippen LogP contribution is -2.59. The predicted molar refractivity (Wildman–Crippen MR) is 63.3 cm³/mol. The van der Waals surface area contributed by atoms with E-state index < -0.39 is 5.97 Å². The molecule has 0 bridgehead atoms. The molecule has 1 rings (SSSR count). The van der Waals surface area contributed by atoms with Crippen molar-refractivity contribution in [1.29, 1.82) is 0 Å². The molecule has 18 heavy (non-hydrogen) atoms. The summed E-state index contributed by atoms with van der Waals surface area (Å²) < 4.78 is 10.3. The summed E-state index contributed by atoms with van der Waals surface area (Å²) in [6.07, 6.45) is 0. The molecule has 0 unspecified atom stereocenters. The monoisotopic (exact) mass is 260 g/mol. The SMILES string of the molecule is COCCN(CC(=O)O)C(=O)COC1(C)CNC1. The summed E-state index contributed by atoms with van der Waals surface area (Å²) in [5.74, 6) is -1.38. The van der Waals surface area contributed by atoms with E-state index >= 15 is 0 Å². The Morgan fingerprint density at radius 1 is 1.44 bits per heavy atom. The molecule has 0 aromatic carbocycles. The highest BCUT2D eigenvalue weighted by molar-refractivity contribution is 5.82. The summed E-state index contributed by atoms with van der Waals surface area (Å²) in [7, 11) is 1.50. The zero-order chi connectivity index (χ0) is 13.6. The minimum atomic E-state index is -1.05. The second-order valence-corrected chi connectivity index (χ2v) is 4.54. The zero-order valence-corrected chi connectivity index (χ0v) is 10.8. The third kappa shape index (κ3) is 4.59. The van der Waals surface area contributed by atoms with Crippen molar-refractivity contribution in [2.75, 3.05) is 46.5 Å². The Kier molecular flexibility index (Phi) is 5.52. The summed E-state index contributed by atoms with van der Waals surface area (Å²) in [5.41, 5.74) is -0.314. The summed E-state index contributed by atoms with van der Waals surface area (Å²) in [5, 5.41) is 11.8. The molecule has 104 valence electrons. The lowest BCUT2D eigenvalue weighted by molar-refractivity contribution is -0.152. The average molecular weight is 260 g/mol. The number of hydrogen-bond acceptors (Lipinski definition) is 5. The molecule has 1 saturated heterocycles. The van der Waals surface area contributed by atoms with Crippen molar-refractivity contribution in [3.63, 3.8) is 0 Å². The van der Waals surface area contributed by atoms with Gasteiger partial charge in [-0.1, -0.05) is 0 Å². The van der Waals surface area contributed by atoms with Gasteiger partial charge in [-0.3, -0.25) is 9.59 Å². The third-order valence-electron chi connectivity index (χ3n) is 2.79. The fourth-order valence-electron chi connectivity index (χ4n) is 1.56. The average Bonchev–Trinajstić information content (AvgIpc) is 2.28. The highest BCUT2D eigenvalue weighted by atomic mass is 16.5. The van der Waals surface area contributed by atoms with Crippen molar-refractivity contribution in [1.82, 2.24) is 10.2 Å². The van der Waals surface area contributed by atoms with Gasteiger partial charge in [0.05, 0.1) is 12.2 Å². The van der Waals surface area contributed by atoms with E-state index in [4.69, 9.17) is 14.6 Å². The first kappa shape index (κ1) is 14.9. The van der Waals surface area contributed by atoms with Crippen LogP contribution in [0.15, 0.2) is 0 Å². The Bertz CT molecular complexity index is 304. The number of rotatable bonds is 8. The van der Waals surface area contributed by atoms with Crippen LogP contribution in [-0.4, -0.2) is 74.0 Å². The molecule has 1 heterocycles. The van der Waals surface area contributed by atoms with Crippen molar-refractivity contribution in [2.45, 2.75) is 12.5 Å². The molecule has 0 aromatic heterocycles. The predicted octanol–water partition coefficient (Wildman–Crippen LogP) is -1.08. The van der Waals surface area contributed by atoms with Crippen LogP contribution in [0, 0.1) is 0 Å². The molecule has 7 heteroatoms. The van der Waals surface area contributed by atoms with Crippen LogP contribution in [0.1, 0.15) is 6.92 Å². The zero-order valence-electron chi connectivity index (χ0n) is 10.8. The molecule has 0 radical (unpaired) electrons. The molecule has 0 spiro atoms. The molecule has 1 amide bonds. The summed E-state index contributed by atoms with van der Waals surface area (Å²) in [4.78, 5) is 23.7. The number of carboxylic acids is 1. The molecule has 2 N–H and O–H groups in total. The van der Waals surface area contributed by atoms with Crippen LogP contribution < -0.4 is 5.32 Å². The number of aliphatic carboxylic acids is 1. The Labute approximate surface area is 106 Å². The Hall–Kier alpha value is -1.18. The second-order valence-electron chi connectivity index (χ2n) is 4.54. The van der Waals surface area contributed by atoms with Gasteiger partial charge in [0.15, 0.2) is 0 Å². The first-order valence-corrected chi connectivity index (χ1v) is 5.80. The van der Waals surface area contributed by atoms with Crippen molar-refractivity contribution < 1.29 is 24.2 Å². The number of nitrogens with one attached hydrogen (secondary N) is 1. The van der Waals surface area contributed by atoms with Gasteiger partial charge in [-0.15, -0.1) is 0 Å². The van der Waals surface area contributed by atoms with Crippen molar-refractivity contribution >= 4 is 11.9 Å². The van der Waals surface area contributed by atoms with Crippen molar-refractivity contribution in [3.05, 3.63) is 0 Å². The Morgan fingerprint density at radius 3 is 2.56 bits per heavy atom. The van der Waals surface area contributed by atoms with Gasteiger partial charge in [-0.05, 0) is 6.92 Å². The number of amides is 1. The highest BCUT2D eigenvalue weighted by Crippen LogP contribution is 2.15. The first-order chi connectivity index (χ1) is 8.47. The van der Waals surface area contributed by atoms with Gasteiger partial charge in [-0.2, -0.15) is 0 Å². The number of methoxy groups -OCH3 is 1. The van der Waals surface area contributed by atoms with E-state index in [1.54, 1.807) is 0 Å². The van der Waals surface area contributed by atoms with Gasteiger partial charge in [0, 0.05) is 26.7 Å². The minimum absolute atomic E-state index is 0.102. The van der Waals surface area contributed by atoms with E-state index in [2.05, 4.69) is 5.32 Å². The molecule has 1 fully saturated rings. The Morgan fingerprint density at radius 2 is 2.11 bits per heavy atom. The number of ether oxygens (including phenoxy) is 2. The topological polar surface area (TPSA) is 88.1 Å². The standard InChI is InChI=1S/C11H20N2O5/c1-11(7-12-8-11)18-6-9(14)13(3-4-17-2)5-10(15)16/h12H,3-8H2,1-2H3,(H,15,16). The van der Waals surface area contributed by atoms with Crippen LogP contribution in [0.3, 0.4) is 0 Å². The van der Waals surface area contributed by atoms with E-state index in [0.29, 0.717) is 19.7 Å². The van der Waals surface area contributed by atoms with Gasteiger partial charge in [0.2, 0.25) is 5.91 Å². The van der Waals surface area contributed by atoms with Crippen molar-refractivity contribution in [2.24, 2.45) is 0 Å². The molecule has 1 aliphatic rings. The first-order valence-electron chi connectivity index (χ1n) is 5.80. The summed E-state index contributed by atoms with van der Waals surface area (Å²) >= 11 is 0. The fourth-order valence-corrected chi connectivity index (χ4v) is 1.56. The molecular weight excluding hydrogens is 240 g/mol. The van der Waals surface area contributed by atoms with Crippen LogP contribution in [0.25, 0.3) is 0 Å². The van der Waals surface area contributed by atoms with Crippen LogP contribution >= 0.6 is 0 Å². The molecule has 1 aliphatic heterocycles. The van der Waals surface area contributed by atoms with Crippen LogP contribution in [0.4, 0.5) is 0 Å². The molecule has 0 aromatic rings. The normalized spacial score (nSPS) is 17.0. The quantitative estimate of drug-likeness (QED) is 0.577. The second kappa shape index (κ2) is 6.67. The largest absolute Gasteiger partial charge is 0.480 e. The van der Waals surface area contributed by atoms with Crippen molar-refractivity contribution in [3.8, 4) is 0 Å². The molecule has 7 nitrogen and oxygen atoms in total. The van der Waals surface area contributed by atoms with E-state index in [1.807, 2.05) is 6.92 Å². The molecule has 0 aliphatic carbocycles. The lowest BCUT2D eigenvalue weighted by Gasteiger charge is -2.39. The van der Waals surface area contributed by atoms with Gasteiger partial charge >= 0.3 is 5.97 Å². The summed E-state index contributed by atoms with van der Waals surface area (Å²) in [6, 6.07) is 0. The number of nitrogens with zero attached hydrogens (tertiary/aromatic N) is 1. The number of carbonyl (C=O) groups is 2. The molecule has 0 saturated carbocycles. The van der Waals surface area contributed by atoms with Gasteiger partial charge < -0.3 is 24.8 Å². The van der Waals surface area contributed by atoms with E-state index in [-0.39, 0.29) is 31.2 Å². The Balaban J connectivity index is 2.39. The van der Waals surface area contributed by atoms with Crippen LogP contribution in [0.5, 0.6) is 0 Å². The van der Waals surface area contributed by atoms with Gasteiger partial charge in [0.1, 0.15) is 13.2 Å². The maximum Gasteiger partial charge on any atom is 0.323 e. The van der Waals surface area contributed by atoms with Crippen LogP contribution in [0.2, 0.25) is 0 Å². The molecular formula is C11H20N2O5. The smallest absolute Gasteiger partial charge is 0.323 e. The van der Waals surface area contributed by atoms with E-state index in [1.165, 1.54) is 12.0 Å². The van der Waals surface area contributed by atoms with E-state index in [9.17, 15) is 9.59 Å².